The Kier molecular flexibility index (Phi) is 8.45. The average molecular weight is 418 g/mol. The van der Waals surface area contributed by atoms with Crippen LogP contribution in [0.15, 0.2) is 30.3 Å². The van der Waals surface area contributed by atoms with Crippen molar-refractivity contribution in [1.29, 1.82) is 0 Å². The molecule has 1 aliphatic heterocycles. The van der Waals surface area contributed by atoms with Gasteiger partial charge in [0.25, 0.3) is 0 Å². The van der Waals surface area contributed by atoms with Gasteiger partial charge >= 0.3 is 18.1 Å². The van der Waals surface area contributed by atoms with Crippen LogP contribution in [0.2, 0.25) is 0 Å². The Bertz CT molecular complexity index is 664. The zero-order valence-electron chi connectivity index (χ0n) is 16.3. The highest BCUT2D eigenvalue weighted by Crippen LogP contribution is 2.32. The molecule has 0 N–H and O–H groups in total. The summed E-state index contributed by atoms with van der Waals surface area (Å²) in [6.07, 6.45) is -6.99. The number of alkyl halides is 3. The first-order valence-electron chi connectivity index (χ1n) is 9.32. The van der Waals surface area contributed by atoms with Gasteiger partial charge in [0.2, 0.25) is 0 Å². The summed E-state index contributed by atoms with van der Waals surface area (Å²) in [5, 5.41) is 0. The second-order valence-electron chi connectivity index (χ2n) is 6.94. The molecule has 2 rings (SSSR count). The summed E-state index contributed by atoms with van der Waals surface area (Å²) in [4.78, 5) is 22.9. The Morgan fingerprint density at radius 2 is 1.90 bits per heavy atom. The van der Waals surface area contributed by atoms with Gasteiger partial charge in [-0.05, 0) is 12.0 Å². The van der Waals surface area contributed by atoms with Gasteiger partial charge in [-0.2, -0.15) is 13.2 Å². The van der Waals surface area contributed by atoms with Gasteiger partial charge in [-0.1, -0.05) is 37.3 Å². The van der Waals surface area contributed by atoms with Crippen LogP contribution < -0.4 is 0 Å². The number of esters is 2. The lowest BCUT2D eigenvalue weighted by Crippen LogP contribution is -2.47. The number of hydrogen-bond acceptors (Lipinski definition) is 6. The van der Waals surface area contributed by atoms with E-state index >= 15 is 0 Å². The van der Waals surface area contributed by atoms with E-state index < -0.39 is 42.3 Å². The molecule has 0 saturated carbocycles. The number of halogens is 3. The predicted octanol–water partition coefficient (Wildman–Crippen LogP) is 3.42. The Morgan fingerprint density at radius 1 is 1.21 bits per heavy atom. The molecular formula is C20H25F3O6. The van der Waals surface area contributed by atoms with Gasteiger partial charge in [0.1, 0.15) is 6.10 Å². The molecule has 0 aromatic heterocycles. The molecule has 1 aliphatic rings. The number of rotatable bonds is 8. The van der Waals surface area contributed by atoms with E-state index in [2.05, 4.69) is 9.47 Å². The molecule has 1 aromatic carbocycles. The summed E-state index contributed by atoms with van der Waals surface area (Å²) in [7, 11) is 1.21. The molecule has 6 nitrogen and oxygen atoms in total. The highest BCUT2D eigenvalue weighted by molar-refractivity contribution is 5.75. The molecular weight excluding hydrogens is 393 g/mol. The second kappa shape index (κ2) is 10.6. The van der Waals surface area contributed by atoms with Crippen LogP contribution in [0, 0.1) is 5.92 Å². The number of ether oxygens (including phenoxy) is 4. The molecule has 1 heterocycles. The summed E-state index contributed by atoms with van der Waals surface area (Å²) >= 11 is 0. The molecule has 0 bridgehead atoms. The van der Waals surface area contributed by atoms with E-state index in [1.54, 1.807) is 6.92 Å². The Morgan fingerprint density at radius 3 is 2.52 bits per heavy atom. The summed E-state index contributed by atoms with van der Waals surface area (Å²) in [6, 6.07) is 9.50. The predicted molar refractivity (Wildman–Crippen MR) is 95.7 cm³/mol. The van der Waals surface area contributed by atoms with E-state index in [1.807, 2.05) is 30.3 Å². The summed E-state index contributed by atoms with van der Waals surface area (Å²) < 4.78 is 58.6. The number of hydrogen-bond donors (Lipinski definition) is 0. The Hall–Kier alpha value is -2.13. The minimum atomic E-state index is -5.08. The maximum atomic E-state index is 12.6. The first kappa shape index (κ1) is 23.2. The van der Waals surface area contributed by atoms with Gasteiger partial charge < -0.3 is 18.9 Å². The molecule has 1 saturated heterocycles. The number of benzene rings is 1. The van der Waals surface area contributed by atoms with Crippen molar-refractivity contribution in [1.82, 2.24) is 0 Å². The van der Waals surface area contributed by atoms with Crippen molar-refractivity contribution in [3.63, 3.8) is 0 Å². The van der Waals surface area contributed by atoms with Crippen molar-refractivity contribution in [3.05, 3.63) is 35.9 Å². The topological polar surface area (TPSA) is 71.1 Å². The third-order valence-corrected chi connectivity index (χ3v) is 4.82. The maximum absolute atomic E-state index is 12.6. The van der Waals surface area contributed by atoms with Gasteiger partial charge in [-0.25, -0.2) is 4.79 Å². The largest absolute Gasteiger partial charge is 0.490 e. The molecule has 162 valence electrons. The second-order valence-corrected chi connectivity index (χ2v) is 6.94. The van der Waals surface area contributed by atoms with E-state index in [-0.39, 0.29) is 12.8 Å². The van der Waals surface area contributed by atoms with Gasteiger partial charge in [0.05, 0.1) is 32.3 Å². The fourth-order valence-electron chi connectivity index (χ4n) is 3.15. The molecule has 9 heteroatoms. The maximum Gasteiger partial charge on any atom is 0.490 e. The molecule has 29 heavy (non-hydrogen) atoms. The smallest absolute Gasteiger partial charge is 0.469 e. The lowest BCUT2D eigenvalue weighted by Gasteiger charge is -2.39. The molecule has 0 amide bonds. The normalized spacial score (nSPS) is 24.7. The van der Waals surface area contributed by atoms with Crippen LogP contribution in [0.4, 0.5) is 13.2 Å². The summed E-state index contributed by atoms with van der Waals surface area (Å²) in [6.45, 7) is 2.28. The van der Waals surface area contributed by atoms with E-state index in [9.17, 15) is 22.8 Å². The first-order chi connectivity index (χ1) is 13.7. The van der Waals surface area contributed by atoms with Gasteiger partial charge in [0, 0.05) is 18.9 Å². The third kappa shape index (κ3) is 7.32. The first-order valence-corrected chi connectivity index (χ1v) is 9.32. The van der Waals surface area contributed by atoms with E-state index in [4.69, 9.17) is 9.47 Å². The van der Waals surface area contributed by atoms with Gasteiger partial charge in [0.15, 0.2) is 0 Å². The number of methoxy groups -OCH3 is 1. The monoisotopic (exact) mass is 418 g/mol. The SMILES string of the molecule is COC(=O)C[C@@H]1O[C@H](CCOCc2ccccc2)C[C@H](OC(=O)C(F)(F)F)[C@H]1C. The van der Waals surface area contributed by atoms with E-state index in [1.165, 1.54) is 7.11 Å². The van der Waals surface area contributed by atoms with Gasteiger partial charge in [-0.3, -0.25) is 4.79 Å². The molecule has 0 spiro atoms. The molecule has 4 atom stereocenters. The molecule has 0 unspecified atom stereocenters. The minimum absolute atomic E-state index is 0.0926. The molecule has 0 aliphatic carbocycles. The standard InChI is InChI=1S/C20H25F3O6/c1-13-16(29-19(25)20(21,22)23)10-15(28-17(13)11-18(24)26-2)8-9-27-12-14-6-4-3-5-7-14/h3-7,13,15-17H,8-12H2,1-2H3/t13-,15-,16+,17+/m1/s1. The van der Waals surface area contributed by atoms with Crippen LogP contribution in [0.1, 0.15) is 31.7 Å². The Labute approximate surface area is 167 Å². The fourth-order valence-corrected chi connectivity index (χ4v) is 3.15. The highest BCUT2D eigenvalue weighted by Gasteiger charge is 2.46. The van der Waals surface area contributed by atoms with Crippen molar-refractivity contribution < 1.29 is 41.7 Å². The van der Waals surface area contributed by atoms with Crippen LogP contribution in [-0.4, -0.2) is 50.1 Å². The lowest BCUT2D eigenvalue weighted by molar-refractivity contribution is -0.219. The molecule has 1 aromatic rings. The van der Waals surface area contributed by atoms with Crippen LogP contribution in [-0.2, 0) is 35.1 Å². The number of carbonyl (C=O) groups excluding carboxylic acids is 2. The zero-order chi connectivity index (χ0) is 21.4. The van der Waals surface area contributed by atoms with Gasteiger partial charge in [-0.15, -0.1) is 0 Å². The van der Waals surface area contributed by atoms with E-state index in [0.717, 1.165) is 5.56 Å². The average Bonchev–Trinajstić information content (AvgIpc) is 2.68. The zero-order valence-corrected chi connectivity index (χ0v) is 16.3. The van der Waals surface area contributed by atoms with Crippen molar-refractivity contribution in [2.75, 3.05) is 13.7 Å². The van der Waals surface area contributed by atoms with Crippen LogP contribution in [0.25, 0.3) is 0 Å². The van der Waals surface area contributed by atoms with Crippen molar-refractivity contribution >= 4 is 11.9 Å². The quantitative estimate of drug-likeness (QED) is 0.476. The molecule has 1 fully saturated rings. The Balaban J connectivity index is 1.94. The van der Waals surface area contributed by atoms with Crippen LogP contribution in [0.5, 0.6) is 0 Å². The highest BCUT2D eigenvalue weighted by atomic mass is 19.4. The van der Waals surface area contributed by atoms with Crippen LogP contribution >= 0.6 is 0 Å². The molecule has 0 radical (unpaired) electrons. The van der Waals surface area contributed by atoms with E-state index in [0.29, 0.717) is 19.6 Å². The van der Waals surface area contributed by atoms with Crippen molar-refractivity contribution in [2.45, 2.75) is 57.3 Å². The third-order valence-electron chi connectivity index (χ3n) is 4.82. The van der Waals surface area contributed by atoms with Crippen molar-refractivity contribution in [3.8, 4) is 0 Å². The fraction of sp³-hybridized carbons (Fsp3) is 0.600. The van der Waals surface area contributed by atoms with Crippen LogP contribution in [0.3, 0.4) is 0 Å². The summed E-state index contributed by atoms with van der Waals surface area (Å²) in [5.41, 5.74) is 0.992. The van der Waals surface area contributed by atoms with Crippen molar-refractivity contribution in [2.24, 2.45) is 5.92 Å². The lowest BCUT2D eigenvalue weighted by atomic mass is 9.87. The summed E-state index contributed by atoms with van der Waals surface area (Å²) in [5.74, 6) is -3.39. The minimum Gasteiger partial charge on any atom is -0.469 e. The number of carbonyl (C=O) groups is 2.